The molecule has 98 valence electrons. The highest BCUT2D eigenvalue weighted by Crippen LogP contribution is 2.22. The van der Waals surface area contributed by atoms with Gasteiger partial charge < -0.3 is 9.64 Å². The fraction of sp³-hybridized carbons (Fsp3) is 0.417. The Bertz CT molecular complexity index is 481. The van der Waals surface area contributed by atoms with E-state index >= 15 is 0 Å². The molecule has 0 radical (unpaired) electrons. The number of amides is 1. The molecule has 0 saturated carbocycles. The van der Waals surface area contributed by atoms with Crippen LogP contribution in [-0.2, 0) is 4.74 Å². The van der Waals surface area contributed by atoms with Crippen molar-refractivity contribution in [1.29, 1.82) is 0 Å². The molecule has 1 aromatic carbocycles. The van der Waals surface area contributed by atoms with Crippen LogP contribution in [0.1, 0.15) is 17.3 Å². The zero-order valence-electron chi connectivity index (χ0n) is 9.75. The van der Waals surface area contributed by atoms with Crippen LogP contribution in [0.4, 0.5) is 8.78 Å². The van der Waals surface area contributed by atoms with Gasteiger partial charge in [0.2, 0.25) is 0 Å². The van der Waals surface area contributed by atoms with Gasteiger partial charge in [0, 0.05) is 19.2 Å². The third kappa shape index (κ3) is 2.70. The number of hydrogen-bond donors (Lipinski definition) is 0. The van der Waals surface area contributed by atoms with Crippen molar-refractivity contribution >= 4 is 21.8 Å². The van der Waals surface area contributed by atoms with Crippen LogP contribution in [-0.4, -0.2) is 36.6 Å². The highest BCUT2D eigenvalue weighted by Gasteiger charge is 2.25. The number of nitrogens with zero attached hydrogens (tertiary/aromatic N) is 1. The van der Waals surface area contributed by atoms with Crippen molar-refractivity contribution < 1.29 is 18.3 Å². The second kappa shape index (κ2) is 5.32. The number of halogens is 3. The lowest BCUT2D eigenvalue weighted by atomic mass is 10.1. The van der Waals surface area contributed by atoms with Gasteiger partial charge in [-0.2, -0.15) is 0 Å². The SMILES string of the molecule is C[C@@H]1CN(C(=O)c2cc(Br)c(F)cc2F)CCO1. The standard InChI is InChI=1S/C12H12BrF2NO2/c1-7-6-16(2-3-18-7)12(17)8-4-9(13)11(15)5-10(8)14/h4-5,7H,2-3,6H2,1H3/t7-/m1/s1. The smallest absolute Gasteiger partial charge is 0.257 e. The van der Waals surface area contributed by atoms with E-state index in [0.29, 0.717) is 25.8 Å². The average molecular weight is 320 g/mol. The average Bonchev–Trinajstić information content (AvgIpc) is 2.33. The van der Waals surface area contributed by atoms with E-state index in [4.69, 9.17) is 4.74 Å². The van der Waals surface area contributed by atoms with E-state index in [9.17, 15) is 13.6 Å². The van der Waals surface area contributed by atoms with Gasteiger partial charge in [0.1, 0.15) is 11.6 Å². The molecule has 1 aliphatic rings. The molecule has 1 saturated heterocycles. The van der Waals surface area contributed by atoms with Gasteiger partial charge in [0.15, 0.2) is 0 Å². The molecule has 1 atom stereocenters. The number of morpholine rings is 1. The van der Waals surface area contributed by atoms with Crippen LogP contribution in [0.15, 0.2) is 16.6 Å². The molecule has 1 heterocycles. The molecule has 0 aliphatic carbocycles. The van der Waals surface area contributed by atoms with Gasteiger partial charge in [-0.3, -0.25) is 4.79 Å². The van der Waals surface area contributed by atoms with E-state index < -0.39 is 17.5 Å². The first-order valence-electron chi connectivity index (χ1n) is 5.54. The maximum absolute atomic E-state index is 13.6. The zero-order chi connectivity index (χ0) is 13.3. The van der Waals surface area contributed by atoms with Crippen LogP contribution in [0.5, 0.6) is 0 Å². The minimum absolute atomic E-state index is 0.0744. The fourth-order valence-electron chi connectivity index (χ4n) is 1.86. The molecular formula is C12H12BrF2NO2. The summed E-state index contributed by atoms with van der Waals surface area (Å²) >= 11 is 2.95. The topological polar surface area (TPSA) is 29.5 Å². The zero-order valence-corrected chi connectivity index (χ0v) is 11.3. The molecule has 1 aliphatic heterocycles. The molecule has 1 aromatic rings. The third-order valence-electron chi connectivity index (χ3n) is 2.77. The molecule has 2 rings (SSSR count). The Balaban J connectivity index is 2.25. The molecule has 3 nitrogen and oxygen atoms in total. The summed E-state index contributed by atoms with van der Waals surface area (Å²) in [6, 6.07) is 1.88. The lowest BCUT2D eigenvalue weighted by molar-refractivity contribution is -0.0125. The Hall–Kier alpha value is -1.01. The predicted octanol–water partition coefficient (Wildman–Crippen LogP) is 2.59. The van der Waals surface area contributed by atoms with Gasteiger partial charge in [0.25, 0.3) is 5.91 Å². The molecular weight excluding hydrogens is 308 g/mol. The van der Waals surface area contributed by atoms with Gasteiger partial charge in [0.05, 0.1) is 22.7 Å². The molecule has 1 amide bonds. The van der Waals surface area contributed by atoms with Crippen LogP contribution < -0.4 is 0 Å². The maximum Gasteiger partial charge on any atom is 0.257 e. The molecule has 0 bridgehead atoms. The Morgan fingerprint density at radius 1 is 1.44 bits per heavy atom. The highest BCUT2D eigenvalue weighted by atomic mass is 79.9. The van der Waals surface area contributed by atoms with Gasteiger partial charge in [-0.1, -0.05) is 0 Å². The summed E-state index contributed by atoms with van der Waals surface area (Å²) in [7, 11) is 0. The van der Waals surface area contributed by atoms with Crippen molar-refractivity contribution in [2.45, 2.75) is 13.0 Å². The first-order valence-corrected chi connectivity index (χ1v) is 6.33. The summed E-state index contributed by atoms with van der Waals surface area (Å²) < 4.78 is 32.1. The lowest BCUT2D eigenvalue weighted by Crippen LogP contribution is -2.44. The Morgan fingerprint density at radius 3 is 2.83 bits per heavy atom. The Labute approximate surface area is 112 Å². The Morgan fingerprint density at radius 2 is 2.17 bits per heavy atom. The van der Waals surface area contributed by atoms with Crippen LogP contribution in [0, 0.1) is 11.6 Å². The van der Waals surface area contributed by atoms with E-state index in [-0.39, 0.29) is 16.1 Å². The molecule has 0 aromatic heterocycles. The van der Waals surface area contributed by atoms with Crippen LogP contribution in [0.3, 0.4) is 0 Å². The number of carbonyl (C=O) groups excluding carboxylic acids is 1. The summed E-state index contributed by atoms with van der Waals surface area (Å²) in [5.41, 5.74) is -0.127. The van der Waals surface area contributed by atoms with E-state index in [1.165, 1.54) is 11.0 Å². The normalized spacial score (nSPS) is 20.0. The van der Waals surface area contributed by atoms with Crippen molar-refractivity contribution in [3.63, 3.8) is 0 Å². The van der Waals surface area contributed by atoms with Crippen LogP contribution in [0.25, 0.3) is 0 Å². The van der Waals surface area contributed by atoms with Crippen molar-refractivity contribution in [2.75, 3.05) is 19.7 Å². The van der Waals surface area contributed by atoms with E-state index in [0.717, 1.165) is 0 Å². The van der Waals surface area contributed by atoms with E-state index in [1.54, 1.807) is 0 Å². The van der Waals surface area contributed by atoms with Gasteiger partial charge in [-0.15, -0.1) is 0 Å². The summed E-state index contributed by atoms with van der Waals surface area (Å²) in [5.74, 6) is -2.01. The molecule has 0 spiro atoms. The molecule has 6 heteroatoms. The van der Waals surface area contributed by atoms with Gasteiger partial charge in [-0.25, -0.2) is 8.78 Å². The van der Waals surface area contributed by atoms with Crippen molar-refractivity contribution in [2.24, 2.45) is 0 Å². The highest BCUT2D eigenvalue weighted by molar-refractivity contribution is 9.10. The van der Waals surface area contributed by atoms with Crippen LogP contribution in [0.2, 0.25) is 0 Å². The van der Waals surface area contributed by atoms with E-state index in [1.807, 2.05) is 6.92 Å². The summed E-state index contributed by atoms with van der Waals surface area (Å²) in [6.45, 7) is 3.10. The van der Waals surface area contributed by atoms with Crippen molar-refractivity contribution in [1.82, 2.24) is 4.90 Å². The van der Waals surface area contributed by atoms with Crippen molar-refractivity contribution in [3.8, 4) is 0 Å². The molecule has 0 unspecified atom stereocenters. The molecule has 0 N–H and O–H groups in total. The summed E-state index contributed by atoms with van der Waals surface area (Å²) in [5, 5.41) is 0. The second-order valence-corrected chi connectivity index (χ2v) is 5.03. The largest absolute Gasteiger partial charge is 0.375 e. The third-order valence-corrected chi connectivity index (χ3v) is 3.38. The lowest BCUT2D eigenvalue weighted by Gasteiger charge is -2.31. The van der Waals surface area contributed by atoms with Gasteiger partial charge in [-0.05, 0) is 28.9 Å². The maximum atomic E-state index is 13.6. The van der Waals surface area contributed by atoms with Gasteiger partial charge >= 0.3 is 0 Å². The van der Waals surface area contributed by atoms with Crippen LogP contribution >= 0.6 is 15.9 Å². The summed E-state index contributed by atoms with van der Waals surface area (Å²) in [4.78, 5) is 13.6. The van der Waals surface area contributed by atoms with E-state index in [2.05, 4.69) is 15.9 Å². The number of rotatable bonds is 1. The monoisotopic (exact) mass is 319 g/mol. The minimum Gasteiger partial charge on any atom is -0.375 e. The quantitative estimate of drug-likeness (QED) is 0.745. The number of benzene rings is 1. The number of carbonyl (C=O) groups is 1. The first kappa shape index (κ1) is 13.4. The molecule has 1 fully saturated rings. The Kier molecular flexibility index (Phi) is 3.97. The molecule has 18 heavy (non-hydrogen) atoms. The minimum atomic E-state index is -0.847. The second-order valence-electron chi connectivity index (χ2n) is 4.18. The van der Waals surface area contributed by atoms with Crippen molar-refractivity contribution in [3.05, 3.63) is 33.8 Å². The fourth-order valence-corrected chi connectivity index (χ4v) is 2.20. The predicted molar refractivity (Wildman–Crippen MR) is 65.4 cm³/mol. The first-order chi connectivity index (χ1) is 8.49. The number of ether oxygens (including phenoxy) is 1. The number of hydrogen-bond acceptors (Lipinski definition) is 2. The summed E-state index contributed by atoms with van der Waals surface area (Å²) in [6.07, 6.45) is -0.0744.